The molecule has 254 valence electrons. The van der Waals surface area contributed by atoms with Crippen molar-refractivity contribution in [2.45, 2.75) is 143 Å². The van der Waals surface area contributed by atoms with Crippen LogP contribution in [-0.4, -0.2) is 74.4 Å². The molecule has 13 atom stereocenters. The van der Waals surface area contributed by atoms with Gasteiger partial charge in [0.1, 0.15) is 30.5 Å². The number of Topliss-reactive ketones (excluding diaryl/α,β-unsaturated/α-hetero) is 1. The van der Waals surface area contributed by atoms with E-state index in [9.17, 15) is 35.1 Å². The first-order chi connectivity index (χ1) is 20.8. The number of ether oxygens (including phenoxy) is 1. The van der Waals surface area contributed by atoms with Gasteiger partial charge in [0.25, 0.3) is 0 Å². The van der Waals surface area contributed by atoms with Crippen molar-refractivity contribution < 1.29 is 39.9 Å². The number of fused-ring (bicyclic) bond motifs is 7. The van der Waals surface area contributed by atoms with Crippen LogP contribution in [0.25, 0.3) is 0 Å². The molecule has 5 unspecified atom stereocenters. The molecule has 0 aromatic carbocycles. The van der Waals surface area contributed by atoms with Gasteiger partial charge in [-0.2, -0.15) is 0 Å². The third-order valence-corrected chi connectivity index (χ3v) is 15.6. The van der Waals surface area contributed by atoms with Gasteiger partial charge in [-0.25, -0.2) is 0 Å². The summed E-state index contributed by atoms with van der Waals surface area (Å²) in [6.45, 7) is 15.8. The van der Waals surface area contributed by atoms with E-state index >= 15 is 0 Å². The lowest BCUT2D eigenvalue weighted by Crippen LogP contribution is -2.66. The van der Waals surface area contributed by atoms with Crippen LogP contribution in [0.3, 0.4) is 0 Å². The molecule has 8 nitrogen and oxygen atoms in total. The van der Waals surface area contributed by atoms with E-state index in [4.69, 9.17) is 4.74 Å². The normalized spacial score (nSPS) is 51.9. The average Bonchev–Trinajstić information content (AvgIpc) is 2.95. The van der Waals surface area contributed by atoms with Gasteiger partial charge in [-0.05, 0) is 109 Å². The molecule has 0 aromatic rings. The number of hydrogen-bond donors (Lipinski definition) is 5. The van der Waals surface area contributed by atoms with Gasteiger partial charge >= 0.3 is 5.97 Å². The number of carbonyl (C=O) groups is 2. The van der Waals surface area contributed by atoms with E-state index in [2.05, 4.69) is 54.5 Å². The maximum absolute atomic E-state index is 14.1. The van der Waals surface area contributed by atoms with Crippen LogP contribution in [0.4, 0.5) is 0 Å². The maximum atomic E-state index is 14.1. The van der Waals surface area contributed by atoms with Gasteiger partial charge in [0.05, 0.1) is 12.0 Å². The van der Waals surface area contributed by atoms with Crippen molar-refractivity contribution >= 4 is 11.8 Å². The standard InChI is InChI=1S/C37H58O8/c1-32(2)14-16-37(31(43)44)17-15-35(6)20(22(37)18-32)8-9-25-34(5)12-10-21(33(3,4)24(34)11-13-36(25,35)7)26(39)30-29(42)28(41)27(40)23(19-38)45-30/h8,21-25,27-30,38,40-42H,9-19H2,1-7H3,(H,43,44)/t21-,22?,23?,24?,25?,27+,28?,29-,30-,34-,35+,36+,37-/m0/s1. The van der Waals surface area contributed by atoms with Crippen LogP contribution >= 0.6 is 0 Å². The minimum atomic E-state index is -1.56. The summed E-state index contributed by atoms with van der Waals surface area (Å²) in [6.07, 6.45) is 4.19. The Morgan fingerprint density at radius 2 is 1.51 bits per heavy atom. The Balaban J connectivity index is 1.31. The maximum Gasteiger partial charge on any atom is 0.310 e. The van der Waals surface area contributed by atoms with E-state index in [-0.39, 0.29) is 45.2 Å². The first kappa shape index (κ1) is 33.6. The molecule has 1 saturated heterocycles. The summed E-state index contributed by atoms with van der Waals surface area (Å²) < 4.78 is 5.75. The van der Waals surface area contributed by atoms with Gasteiger partial charge in [0, 0.05) is 5.92 Å². The van der Waals surface area contributed by atoms with Gasteiger partial charge in [-0.15, -0.1) is 0 Å². The summed E-state index contributed by atoms with van der Waals surface area (Å²) in [5, 5.41) is 51.8. The predicted molar refractivity (Wildman–Crippen MR) is 169 cm³/mol. The molecule has 5 fully saturated rings. The fourth-order valence-electron chi connectivity index (χ4n) is 12.7. The molecule has 6 rings (SSSR count). The highest BCUT2D eigenvalue weighted by Crippen LogP contribution is 2.76. The number of carboxylic acids is 1. The second kappa shape index (κ2) is 10.6. The third kappa shape index (κ3) is 4.47. The van der Waals surface area contributed by atoms with Crippen LogP contribution in [0, 0.1) is 56.2 Å². The van der Waals surface area contributed by atoms with E-state index in [1.54, 1.807) is 0 Å². The molecule has 0 bridgehead atoms. The smallest absolute Gasteiger partial charge is 0.310 e. The van der Waals surface area contributed by atoms with Crippen molar-refractivity contribution in [1.82, 2.24) is 0 Å². The van der Waals surface area contributed by atoms with Crippen molar-refractivity contribution in [3.8, 4) is 0 Å². The van der Waals surface area contributed by atoms with Gasteiger partial charge < -0.3 is 30.3 Å². The van der Waals surface area contributed by atoms with E-state index in [1.165, 1.54) is 5.57 Å². The number of allylic oxidation sites excluding steroid dienone is 2. The summed E-state index contributed by atoms with van der Waals surface area (Å²) in [6, 6.07) is 0. The summed E-state index contributed by atoms with van der Waals surface area (Å²) in [4.78, 5) is 27.1. The molecule has 5 N–H and O–H groups in total. The van der Waals surface area contributed by atoms with Crippen LogP contribution in [0.2, 0.25) is 0 Å². The van der Waals surface area contributed by atoms with Crippen LogP contribution in [0.1, 0.15) is 113 Å². The fourth-order valence-corrected chi connectivity index (χ4v) is 12.7. The van der Waals surface area contributed by atoms with Crippen LogP contribution in [0.5, 0.6) is 0 Å². The molecular formula is C37H58O8. The summed E-state index contributed by atoms with van der Waals surface area (Å²) >= 11 is 0. The number of carbonyl (C=O) groups excluding carboxylic acids is 1. The SMILES string of the molecule is CC1(C)CC[C@]2(C(=O)O)CC[C@]3(C)C(=CCC4[C@@]5(C)CC[C@@H](C(=O)[C@@H]6OC(CO)[C@@H](O)C(O)[C@@H]6O)C(C)(C)C5CC[C@]43C)C2C1. The van der Waals surface area contributed by atoms with E-state index in [0.717, 1.165) is 57.8 Å². The Morgan fingerprint density at radius 1 is 0.844 bits per heavy atom. The summed E-state index contributed by atoms with van der Waals surface area (Å²) in [5.74, 6) is -0.523. The molecule has 4 saturated carbocycles. The number of rotatable bonds is 4. The summed E-state index contributed by atoms with van der Waals surface area (Å²) in [7, 11) is 0. The number of carboxylic acid groups (broad SMARTS) is 1. The van der Waals surface area contributed by atoms with Gasteiger partial charge in [-0.3, -0.25) is 9.59 Å². The zero-order valence-electron chi connectivity index (χ0n) is 28.5. The zero-order chi connectivity index (χ0) is 33.1. The molecule has 45 heavy (non-hydrogen) atoms. The predicted octanol–water partition coefficient (Wildman–Crippen LogP) is 4.90. The highest BCUT2D eigenvalue weighted by molar-refractivity contribution is 5.87. The molecule has 8 heteroatoms. The Morgan fingerprint density at radius 3 is 2.16 bits per heavy atom. The number of hydrogen-bond acceptors (Lipinski definition) is 7. The molecule has 1 heterocycles. The molecule has 1 aliphatic heterocycles. The topological polar surface area (TPSA) is 145 Å². The van der Waals surface area contributed by atoms with Crippen molar-refractivity contribution in [3.63, 3.8) is 0 Å². The second-order valence-electron chi connectivity index (χ2n) is 18.2. The second-order valence-corrected chi connectivity index (χ2v) is 18.2. The number of ketones is 1. The van der Waals surface area contributed by atoms with Crippen molar-refractivity contribution in [3.05, 3.63) is 11.6 Å². The Hall–Kier alpha value is -1.32. The lowest BCUT2D eigenvalue weighted by molar-refractivity contribution is -0.233. The third-order valence-electron chi connectivity index (χ3n) is 15.6. The van der Waals surface area contributed by atoms with E-state index < -0.39 is 53.9 Å². The minimum Gasteiger partial charge on any atom is -0.481 e. The molecule has 0 radical (unpaired) electrons. The van der Waals surface area contributed by atoms with Crippen molar-refractivity contribution in [2.24, 2.45) is 56.2 Å². The average molecular weight is 631 g/mol. The first-order valence-electron chi connectivity index (χ1n) is 17.6. The number of aliphatic hydroxyl groups excluding tert-OH is 4. The van der Waals surface area contributed by atoms with Gasteiger partial charge in [-0.1, -0.05) is 60.1 Å². The largest absolute Gasteiger partial charge is 0.481 e. The Kier molecular flexibility index (Phi) is 7.90. The van der Waals surface area contributed by atoms with Crippen LogP contribution < -0.4 is 0 Å². The molecule has 0 amide bonds. The highest BCUT2D eigenvalue weighted by atomic mass is 16.5. The highest BCUT2D eigenvalue weighted by Gasteiger charge is 2.70. The van der Waals surface area contributed by atoms with E-state index in [0.29, 0.717) is 12.3 Å². The van der Waals surface area contributed by atoms with Crippen molar-refractivity contribution in [1.29, 1.82) is 0 Å². The first-order valence-corrected chi connectivity index (χ1v) is 17.6. The van der Waals surface area contributed by atoms with Crippen LogP contribution in [0.15, 0.2) is 11.6 Å². The van der Waals surface area contributed by atoms with E-state index in [1.807, 2.05) is 0 Å². The monoisotopic (exact) mass is 630 g/mol. The Labute approximate surface area is 269 Å². The fraction of sp³-hybridized carbons (Fsp3) is 0.892. The molecular weight excluding hydrogens is 572 g/mol. The number of aliphatic hydroxyl groups is 4. The van der Waals surface area contributed by atoms with Gasteiger partial charge in [0.2, 0.25) is 0 Å². The van der Waals surface area contributed by atoms with Gasteiger partial charge in [0.15, 0.2) is 5.78 Å². The molecule has 0 spiro atoms. The van der Waals surface area contributed by atoms with Crippen molar-refractivity contribution in [2.75, 3.05) is 6.61 Å². The molecule has 5 aliphatic carbocycles. The summed E-state index contributed by atoms with van der Waals surface area (Å²) in [5.41, 5.74) is 0.396. The zero-order valence-corrected chi connectivity index (χ0v) is 28.5. The Bertz CT molecular complexity index is 1250. The molecule has 0 aromatic heterocycles. The molecule has 6 aliphatic rings. The lowest BCUT2D eigenvalue weighted by atomic mass is 9.33. The number of aliphatic carboxylic acids is 1. The quantitative estimate of drug-likeness (QED) is 0.276. The lowest BCUT2D eigenvalue weighted by Gasteiger charge is -2.71. The van der Waals surface area contributed by atoms with Crippen LogP contribution in [-0.2, 0) is 14.3 Å². The minimum absolute atomic E-state index is 0.0127.